The molecule has 4 aromatic rings. The van der Waals surface area contributed by atoms with Crippen LogP contribution in [0.25, 0.3) is 22.3 Å². The van der Waals surface area contributed by atoms with Crippen molar-refractivity contribution in [2.45, 2.75) is 17.8 Å². The molecule has 0 aliphatic carbocycles. The second-order valence-electron chi connectivity index (χ2n) is 11.1. The molecule has 12 nitrogen and oxygen atoms in total. The maximum atomic E-state index is 15.4. The highest BCUT2D eigenvalue weighted by molar-refractivity contribution is 6.21. The molecule has 0 unspecified atom stereocenters. The zero-order valence-electron chi connectivity index (χ0n) is 24.9. The highest BCUT2D eigenvalue weighted by atomic mass is 19.4. The van der Waals surface area contributed by atoms with Crippen molar-refractivity contribution in [3.63, 3.8) is 0 Å². The fourth-order valence-electron chi connectivity index (χ4n) is 6.24. The summed E-state index contributed by atoms with van der Waals surface area (Å²) < 4.78 is 101. The molecule has 2 aliphatic heterocycles. The van der Waals surface area contributed by atoms with Gasteiger partial charge in [-0.1, -0.05) is 12.1 Å². The van der Waals surface area contributed by atoms with E-state index in [0.29, 0.717) is 12.1 Å². The van der Waals surface area contributed by atoms with Gasteiger partial charge in [-0.3, -0.25) is 9.59 Å². The minimum atomic E-state index is -6.34. The third-order valence-corrected chi connectivity index (χ3v) is 8.41. The Labute approximate surface area is 278 Å². The number of phenols is 2. The summed E-state index contributed by atoms with van der Waals surface area (Å²) in [5.74, 6) is -10.3. The predicted molar refractivity (Wildman–Crippen MR) is 157 cm³/mol. The summed E-state index contributed by atoms with van der Waals surface area (Å²) in [6, 6.07) is 5.15. The lowest BCUT2D eigenvalue weighted by Crippen LogP contribution is -2.54. The SMILES string of the molecule is NC(=O)c1ccc2c(c1-c1cc(C(c3ccc(O)c(-c4c(C(N)=O)ccc5c4C(=O)OC5=O)c3)(C(F)(F)F)C(F)(F)F)ccc1O)C(=O)OC2=O. The number of cyclic esters (lactones) is 4. The number of primary amides is 2. The van der Waals surface area contributed by atoms with Gasteiger partial charge in [-0.2, -0.15) is 26.3 Å². The first-order chi connectivity index (χ1) is 23.7. The van der Waals surface area contributed by atoms with Gasteiger partial charge in [-0.05, 0) is 59.7 Å². The smallest absolute Gasteiger partial charge is 0.411 e. The highest BCUT2D eigenvalue weighted by Gasteiger charge is 2.72. The molecule has 4 aromatic carbocycles. The van der Waals surface area contributed by atoms with E-state index in [1.54, 1.807) is 0 Å². The lowest BCUT2D eigenvalue weighted by Gasteiger charge is -2.39. The Bertz CT molecular complexity index is 2150. The second-order valence-corrected chi connectivity index (χ2v) is 11.1. The van der Waals surface area contributed by atoms with Crippen LogP contribution < -0.4 is 11.5 Å². The number of hydrogen-bond donors (Lipinski definition) is 4. The number of benzene rings is 4. The maximum Gasteiger partial charge on any atom is 0.411 e. The third kappa shape index (κ3) is 4.85. The van der Waals surface area contributed by atoms with Crippen LogP contribution in [0.15, 0.2) is 60.7 Å². The molecule has 2 amide bonds. The number of amides is 2. The Balaban J connectivity index is 1.72. The number of phenolic OH excluding ortho intramolecular Hbond substituents is 2. The number of halogens is 6. The van der Waals surface area contributed by atoms with Gasteiger partial charge in [0, 0.05) is 33.4 Å². The molecule has 2 heterocycles. The number of fused-ring (bicyclic) bond motifs is 2. The largest absolute Gasteiger partial charge is 0.507 e. The first kappa shape index (κ1) is 34.2. The zero-order valence-corrected chi connectivity index (χ0v) is 24.9. The summed E-state index contributed by atoms with van der Waals surface area (Å²) in [4.78, 5) is 74.4. The Morgan fingerprint density at radius 2 is 0.863 bits per heavy atom. The van der Waals surface area contributed by atoms with Crippen LogP contribution in [0.1, 0.15) is 73.3 Å². The number of alkyl halides is 6. The molecular weight excluding hydrogens is 698 g/mol. The quantitative estimate of drug-likeness (QED) is 0.123. The monoisotopic (exact) mass is 714 g/mol. The highest BCUT2D eigenvalue weighted by Crippen LogP contribution is 2.58. The topological polar surface area (TPSA) is 213 Å². The molecule has 51 heavy (non-hydrogen) atoms. The summed E-state index contributed by atoms with van der Waals surface area (Å²) in [5.41, 5.74) is -5.28. The molecule has 0 bridgehead atoms. The number of hydrogen-bond acceptors (Lipinski definition) is 10. The van der Waals surface area contributed by atoms with Crippen molar-refractivity contribution < 1.29 is 74.8 Å². The Kier molecular flexibility index (Phi) is 7.47. The molecule has 0 fully saturated rings. The van der Waals surface area contributed by atoms with Crippen molar-refractivity contribution in [3.8, 4) is 33.8 Å². The second kappa shape index (κ2) is 11.2. The van der Waals surface area contributed by atoms with E-state index in [1.807, 2.05) is 0 Å². The van der Waals surface area contributed by atoms with Crippen LogP contribution in [0.2, 0.25) is 0 Å². The molecule has 6 N–H and O–H groups in total. The van der Waals surface area contributed by atoms with Gasteiger partial charge in [-0.25, -0.2) is 19.2 Å². The summed E-state index contributed by atoms with van der Waals surface area (Å²) in [7, 11) is 0. The average Bonchev–Trinajstić information content (AvgIpc) is 3.49. The van der Waals surface area contributed by atoms with Crippen LogP contribution in [0.3, 0.4) is 0 Å². The molecule has 0 spiro atoms. The van der Waals surface area contributed by atoms with Crippen LogP contribution in [0, 0.1) is 0 Å². The summed E-state index contributed by atoms with van der Waals surface area (Å²) in [6.07, 6.45) is -12.7. The number of esters is 4. The van der Waals surface area contributed by atoms with Crippen LogP contribution in [0.4, 0.5) is 26.3 Å². The van der Waals surface area contributed by atoms with Gasteiger partial charge >= 0.3 is 36.2 Å². The third-order valence-electron chi connectivity index (χ3n) is 8.41. The summed E-state index contributed by atoms with van der Waals surface area (Å²) >= 11 is 0. The van der Waals surface area contributed by atoms with Gasteiger partial charge in [0.05, 0.1) is 22.3 Å². The number of carbonyl (C=O) groups is 6. The number of carbonyl (C=O) groups excluding carboxylic acids is 6. The fraction of sp³-hybridized carbons (Fsp3) is 0.0909. The van der Waals surface area contributed by atoms with E-state index in [-0.39, 0.29) is 24.3 Å². The summed E-state index contributed by atoms with van der Waals surface area (Å²) in [6.45, 7) is 0. The molecule has 0 aromatic heterocycles. The molecule has 0 atom stereocenters. The zero-order chi connectivity index (χ0) is 37.5. The van der Waals surface area contributed by atoms with Crippen LogP contribution in [0.5, 0.6) is 11.5 Å². The maximum absolute atomic E-state index is 15.4. The van der Waals surface area contributed by atoms with Gasteiger partial charge in [0.2, 0.25) is 17.2 Å². The number of aromatic hydroxyl groups is 2. The minimum absolute atomic E-state index is 0.173. The van der Waals surface area contributed by atoms with Crippen molar-refractivity contribution in [3.05, 3.63) is 105 Å². The van der Waals surface area contributed by atoms with Crippen LogP contribution >= 0.6 is 0 Å². The Morgan fingerprint density at radius 3 is 1.18 bits per heavy atom. The normalized spacial score (nSPS) is 14.2. The van der Waals surface area contributed by atoms with Crippen molar-refractivity contribution in [2.75, 3.05) is 0 Å². The first-order valence-corrected chi connectivity index (χ1v) is 14.0. The molecular formula is C33H16F6N2O10. The molecule has 0 saturated carbocycles. The van der Waals surface area contributed by atoms with Crippen molar-refractivity contribution in [1.82, 2.24) is 0 Å². The van der Waals surface area contributed by atoms with Crippen LogP contribution in [-0.2, 0) is 14.9 Å². The van der Waals surface area contributed by atoms with Gasteiger partial charge in [0.1, 0.15) is 11.5 Å². The van der Waals surface area contributed by atoms with E-state index in [2.05, 4.69) is 9.47 Å². The molecule has 2 aliphatic rings. The fourth-order valence-corrected chi connectivity index (χ4v) is 6.24. The molecule has 6 rings (SSSR count). The molecule has 0 radical (unpaired) electrons. The van der Waals surface area contributed by atoms with E-state index in [1.165, 1.54) is 0 Å². The van der Waals surface area contributed by atoms with Crippen molar-refractivity contribution in [2.24, 2.45) is 11.5 Å². The number of rotatable bonds is 6. The van der Waals surface area contributed by atoms with Crippen LogP contribution in [-0.4, -0.2) is 58.3 Å². The Hall–Kier alpha value is -6.72. The van der Waals surface area contributed by atoms with E-state index in [9.17, 15) is 39.0 Å². The average molecular weight is 714 g/mol. The van der Waals surface area contributed by atoms with E-state index < -0.39 is 132 Å². The predicted octanol–water partition coefficient (Wildman–Crippen LogP) is 4.66. The molecule has 18 heteroatoms. The van der Waals surface area contributed by atoms with E-state index in [4.69, 9.17) is 11.5 Å². The number of nitrogens with two attached hydrogens (primary N) is 2. The first-order valence-electron chi connectivity index (χ1n) is 14.0. The molecule has 0 saturated heterocycles. The minimum Gasteiger partial charge on any atom is -0.507 e. The van der Waals surface area contributed by atoms with Gasteiger partial charge in [-0.15, -0.1) is 0 Å². The summed E-state index contributed by atoms with van der Waals surface area (Å²) in [5, 5.41) is 21.5. The van der Waals surface area contributed by atoms with Crippen molar-refractivity contribution in [1.29, 1.82) is 0 Å². The standard InChI is InChI=1S/C33H16F6N2O10/c34-32(35,36)31(33(37,38)39,11-1-7-19(42)17(9-11)21-13(25(40)44)3-5-15-23(21)29(48)50-27(15)46)12-2-8-20(43)18(10-12)22-14(26(41)45)4-6-16-24(22)30(49)51-28(16)47/h1-10,42-43H,(H2,40,44)(H2,41,45). The van der Waals surface area contributed by atoms with Gasteiger partial charge in [0.25, 0.3) is 0 Å². The van der Waals surface area contributed by atoms with E-state index >= 15 is 26.3 Å². The van der Waals surface area contributed by atoms with Gasteiger partial charge in [0.15, 0.2) is 0 Å². The van der Waals surface area contributed by atoms with Crippen molar-refractivity contribution >= 4 is 35.7 Å². The lowest BCUT2D eigenvalue weighted by molar-refractivity contribution is -0.288. The Morgan fingerprint density at radius 1 is 0.510 bits per heavy atom. The van der Waals surface area contributed by atoms with Gasteiger partial charge < -0.3 is 31.2 Å². The van der Waals surface area contributed by atoms with E-state index in [0.717, 1.165) is 24.3 Å². The number of ether oxygens (including phenoxy) is 2. The molecule has 260 valence electrons. The lowest BCUT2D eigenvalue weighted by atomic mass is 9.71.